The van der Waals surface area contributed by atoms with Crippen molar-refractivity contribution in [1.82, 2.24) is 0 Å². The van der Waals surface area contributed by atoms with Crippen molar-refractivity contribution in [2.45, 2.75) is 13.8 Å². The Labute approximate surface area is 107 Å². The monoisotopic (exact) mass is 307 g/mol. The van der Waals surface area contributed by atoms with Gasteiger partial charge in [-0.2, -0.15) is 0 Å². The zero-order valence-electron chi connectivity index (χ0n) is 8.98. The number of carbonyl (C=O) groups is 1. The Kier molecular flexibility index (Phi) is 4.33. The van der Waals surface area contributed by atoms with Gasteiger partial charge in [0, 0.05) is 10.4 Å². The lowest BCUT2D eigenvalue weighted by molar-refractivity contribution is -0.123. The molecule has 0 radical (unpaired) electrons. The predicted octanol–water partition coefficient (Wildman–Crippen LogP) is 3.79. The molecule has 1 aromatic carbocycles. The van der Waals surface area contributed by atoms with Gasteiger partial charge in [-0.3, -0.25) is 4.79 Å². The molecule has 5 heteroatoms. The van der Waals surface area contributed by atoms with Gasteiger partial charge >= 0.3 is 0 Å². The molecule has 0 unspecified atom stereocenters. The Bertz CT molecular complexity index is 409. The van der Waals surface area contributed by atoms with Gasteiger partial charge in [0.05, 0.1) is 11.1 Å². The maximum atomic E-state index is 13.4. The lowest BCUT2D eigenvalue weighted by atomic mass is 9.95. The number of rotatable bonds is 3. The second kappa shape index (κ2) is 5.15. The van der Waals surface area contributed by atoms with Crippen LogP contribution in [0.5, 0.6) is 0 Å². The van der Waals surface area contributed by atoms with E-state index in [1.807, 2.05) is 0 Å². The Hall–Kier alpha value is -0.610. The second-order valence-electron chi connectivity index (χ2n) is 4.10. The highest BCUT2D eigenvalue weighted by Gasteiger charge is 2.27. The molecule has 16 heavy (non-hydrogen) atoms. The summed E-state index contributed by atoms with van der Waals surface area (Å²) in [5.74, 6) is -0.601. The number of anilines is 1. The van der Waals surface area contributed by atoms with Crippen LogP contribution < -0.4 is 5.32 Å². The van der Waals surface area contributed by atoms with Crippen molar-refractivity contribution < 1.29 is 9.18 Å². The lowest BCUT2D eigenvalue weighted by Gasteiger charge is -2.20. The Morgan fingerprint density at radius 1 is 1.56 bits per heavy atom. The molecule has 0 aliphatic heterocycles. The molecule has 0 aliphatic rings. The SMILES string of the molecule is CC(C)(CCl)C(=O)Nc1cc(Br)ccc1F. The molecule has 0 saturated carbocycles. The largest absolute Gasteiger partial charge is 0.323 e. The standard InChI is InChI=1S/C11H12BrClFNO/c1-11(2,6-13)10(16)15-9-5-7(12)3-4-8(9)14/h3-5H,6H2,1-2H3,(H,15,16). The molecular weight excluding hydrogens is 296 g/mol. The van der Waals surface area contributed by atoms with Gasteiger partial charge in [-0.15, -0.1) is 11.6 Å². The molecule has 0 fully saturated rings. The third-order valence-corrected chi connectivity index (χ3v) is 3.29. The molecule has 0 saturated heterocycles. The van der Waals surface area contributed by atoms with Crippen LogP contribution in [0.4, 0.5) is 10.1 Å². The van der Waals surface area contributed by atoms with Crippen molar-refractivity contribution >= 4 is 39.1 Å². The van der Waals surface area contributed by atoms with Crippen molar-refractivity contribution in [2.75, 3.05) is 11.2 Å². The molecule has 2 nitrogen and oxygen atoms in total. The van der Waals surface area contributed by atoms with Gasteiger partial charge in [-0.1, -0.05) is 15.9 Å². The van der Waals surface area contributed by atoms with E-state index in [4.69, 9.17) is 11.6 Å². The fourth-order valence-corrected chi connectivity index (χ4v) is 1.43. The normalized spacial score (nSPS) is 11.3. The van der Waals surface area contributed by atoms with Crippen LogP contribution in [-0.2, 0) is 4.79 Å². The number of alkyl halides is 1. The van der Waals surface area contributed by atoms with E-state index < -0.39 is 11.2 Å². The number of amides is 1. The van der Waals surface area contributed by atoms with Crippen LogP contribution in [0.1, 0.15) is 13.8 Å². The summed E-state index contributed by atoms with van der Waals surface area (Å²) in [6.45, 7) is 3.40. The Morgan fingerprint density at radius 3 is 2.75 bits per heavy atom. The van der Waals surface area contributed by atoms with Crippen molar-refractivity contribution in [3.05, 3.63) is 28.5 Å². The van der Waals surface area contributed by atoms with Gasteiger partial charge in [0.15, 0.2) is 0 Å². The lowest BCUT2D eigenvalue weighted by Crippen LogP contribution is -2.32. The molecule has 1 aromatic rings. The van der Waals surface area contributed by atoms with Crippen LogP contribution in [0.25, 0.3) is 0 Å². The molecule has 1 rings (SSSR count). The van der Waals surface area contributed by atoms with Crippen molar-refractivity contribution in [3.8, 4) is 0 Å². The van der Waals surface area contributed by atoms with E-state index in [0.717, 1.165) is 0 Å². The summed E-state index contributed by atoms with van der Waals surface area (Å²) < 4.78 is 14.1. The van der Waals surface area contributed by atoms with Gasteiger partial charge in [-0.05, 0) is 32.0 Å². The highest BCUT2D eigenvalue weighted by atomic mass is 79.9. The fraction of sp³-hybridized carbons (Fsp3) is 0.364. The number of halogens is 3. The topological polar surface area (TPSA) is 29.1 Å². The molecular formula is C11H12BrClFNO. The molecule has 0 aliphatic carbocycles. The maximum Gasteiger partial charge on any atom is 0.231 e. The first-order valence-corrected chi connectivity index (χ1v) is 6.02. The average molecular weight is 309 g/mol. The summed E-state index contributed by atoms with van der Waals surface area (Å²) in [4.78, 5) is 11.8. The molecule has 1 amide bonds. The van der Waals surface area contributed by atoms with Crippen molar-refractivity contribution in [2.24, 2.45) is 5.41 Å². The summed E-state index contributed by atoms with van der Waals surface area (Å²) in [7, 11) is 0. The molecule has 88 valence electrons. The van der Waals surface area contributed by atoms with E-state index in [0.29, 0.717) is 4.47 Å². The van der Waals surface area contributed by atoms with Crippen LogP contribution in [0, 0.1) is 11.2 Å². The molecule has 0 atom stereocenters. The summed E-state index contributed by atoms with van der Waals surface area (Å²) >= 11 is 8.87. The minimum atomic E-state index is -0.726. The first-order chi connectivity index (χ1) is 7.36. The van der Waals surface area contributed by atoms with Crippen LogP contribution in [0.15, 0.2) is 22.7 Å². The Morgan fingerprint density at radius 2 is 2.19 bits per heavy atom. The van der Waals surface area contributed by atoms with Crippen LogP contribution in [0.2, 0.25) is 0 Å². The smallest absolute Gasteiger partial charge is 0.231 e. The van der Waals surface area contributed by atoms with E-state index in [1.54, 1.807) is 19.9 Å². The van der Waals surface area contributed by atoms with E-state index >= 15 is 0 Å². The predicted molar refractivity (Wildman–Crippen MR) is 67.2 cm³/mol. The van der Waals surface area contributed by atoms with Gasteiger partial charge in [0.2, 0.25) is 5.91 Å². The quantitative estimate of drug-likeness (QED) is 0.846. The van der Waals surface area contributed by atoms with Crippen molar-refractivity contribution in [3.63, 3.8) is 0 Å². The van der Waals surface area contributed by atoms with Gasteiger partial charge in [0.25, 0.3) is 0 Å². The minimum Gasteiger partial charge on any atom is -0.323 e. The number of nitrogens with one attached hydrogen (secondary N) is 1. The summed E-state index contributed by atoms with van der Waals surface area (Å²) in [5.41, 5.74) is -0.575. The third-order valence-electron chi connectivity index (χ3n) is 2.13. The molecule has 0 heterocycles. The molecule has 0 aromatic heterocycles. The van der Waals surface area contributed by atoms with E-state index in [-0.39, 0.29) is 17.5 Å². The number of benzene rings is 1. The van der Waals surface area contributed by atoms with E-state index in [1.165, 1.54) is 12.1 Å². The molecule has 1 N–H and O–H groups in total. The summed E-state index contributed by atoms with van der Waals surface area (Å²) in [6.07, 6.45) is 0. The highest BCUT2D eigenvalue weighted by Crippen LogP contribution is 2.24. The number of carbonyl (C=O) groups excluding carboxylic acids is 1. The van der Waals surface area contributed by atoms with Crippen molar-refractivity contribution in [1.29, 1.82) is 0 Å². The first kappa shape index (κ1) is 13.5. The second-order valence-corrected chi connectivity index (χ2v) is 5.28. The Balaban J connectivity index is 2.89. The number of hydrogen-bond acceptors (Lipinski definition) is 1. The zero-order valence-corrected chi connectivity index (χ0v) is 11.3. The van der Waals surface area contributed by atoms with E-state index in [9.17, 15) is 9.18 Å². The van der Waals surface area contributed by atoms with Crippen LogP contribution in [0.3, 0.4) is 0 Å². The fourth-order valence-electron chi connectivity index (χ4n) is 0.945. The number of hydrogen-bond donors (Lipinski definition) is 1. The minimum absolute atomic E-state index is 0.151. The highest BCUT2D eigenvalue weighted by molar-refractivity contribution is 9.10. The van der Waals surface area contributed by atoms with Crippen LogP contribution in [-0.4, -0.2) is 11.8 Å². The zero-order chi connectivity index (χ0) is 12.3. The van der Waals surface area contributed by atoms with Crippen LogP contribution >= 0.6 is 27.5 Å². The van der Waals surface area contributed by atoms with Gasteiger partial charge < -0.3 is 5.32 Å². The first-order valence-electron chi connectivity index (χ1n) is 4.69. The summed E-state index contributed by atoms with van der Waals surface area (Å²) in [6, 6.07) is 4.36. The van der Waals surface area contributed by atoms with Gasteiger partial charge in [0.1, 0.15) is 5.82 Å². The summed E-state index contributed by atoms with van der Waals surface area (Å²) in [5, 5.41) is 2.51. The molecule has 0 spiro atoms. The molecule has 0 bridgehead atoms. The average Bonchev–Trinajstić information content (AvgIpc) is 2.23. The maximum absolute atomic E-state index is 13.4. The van der Waals surface area contributed by atoms with E-state index in [2.05, 4.69) is 21.2 Å². The third kappa shape index (κ3) is 3.19. The van der Waals surface area contributed by atoms with Gasteiger partial charge in [-0.25, -0.2) is 4.39 Å².